The molecule has 0 spiro atoms. The van der Waals surface area contributed by atoms with Crippen molar-refractivity contribution in [2.24, 2.45) is 0 Å². The van der Waals surface area contributed by atoms with E-state index in [9.17, 15) is 14.7 Å². The van der Waals surface area contributed by atoms with Crippen LogP contribution >= 0.6 is 0 Å². The number of amides is 1. The van der Waals surface area contributed by atoms with Crippen molar-refractivity contribution in [2.75, 3.05) is 40.4 Å². The van der Waals surface area contributed by atoms with Gasteiger partial charge in [-0.25, -0.2) is 0 Å². The summed E-state index contributed by atoms with van der Waals surface area (Å²) in [6, 6.07) is 9.94. The Bertz CT molecular complexity index is 1250. The fourth-order valence-electron chi connectivity index (χ4n) is 4.97. The zero-order valence-electron chi connectivity index (χ0n) is 22.5. The van der Waals surface area contributed by atoms with Gasteiger partial charge in [0.25, 0.3) is 11.7 Å². The van der Waals surface area contributed by atoms with Crippen molar-refractivity contribution in [2.45, 2.75) is 38.8 Å². The van der Waals surface area contributed by atoms with Gasteiger partial charge in [0, 0.05) is 18.5 Å². The molecule has 2 atom stereocenters. The molecule has 4 rings (SSSR count). The van der Waals surface area contributed by atoms with Gasteiger partial charge in [-0.1, -0.05) is 18.7 Å². The maximum absolute atomic E-state index is 13.4. The Balaban J connectivity index is 1.81. The van der Waals surface area contributed by atoms with Gasteiger partial charge in [0.15, 0.2) is 11.5 Å². The largest absolute Gasteiger partial charge is 0.507 e. The molecule has 202 valence electrons. The number of fused-ring (bicyclic) bond motifs is 1. The molecule has 0 unspecified atom stereocenters. The Labute approximate surface area is 224 Å². The van der Waals surface area contributed by atoms with Gasteiger partial charge in [-0.2, -0.15) is 0 Å². The number of carbonyl (C=O) groups excluding carboxylic acids is 2. The molecule has 1 amide bonds. The van der Waals surface area contributed by atoms with Gasteiger partial charge in [-0.05, 0) is 82.4 Å². The Hall–Kier alpha value is -3.78. The Morgan fingerprint density at radius 3 is 2.68 bits per heavy atom. The van der Waals surface area contributed by atoms with Crippen LogP contribution in [0.2, 0.25) is 0 Å². The monoisotopic (exact) mass is 520 g/mol. The number of carbonyl (C=O) groups is 2. The van der Waals surface area contributed by atoms with E-state index in [1.807, 2.05) is 45.0 Å². The highest BCUT2D eigenvalue weighted by atomic mass is 16.5. The lowest BCUT2D eigenvalue weighted by atomic mass is 9.94. The third-order valence-electron chi connectivity index (χ3n) is 6.65. The van der Waals surface area contributed by atoms with E-state index in [0.717, 1.165) is 17.9 Å². The summed E-state index contributed by atoms with van der Waals surface area (Å²) in [4.78, 5) is 30.3. The fraction of sp³-hybridized carbons (Fsp3) is 0.400. The molecule has 2 aromatic rings. The van der Waals surface area contributed by atoms with Gasteiger partial charge in [-0.15, -0.1) is 0 Å². The molecule has 1 N–H and O–H groups in total. The Morgan fingerprint density at radius 2 is 1.97 bits per heavy atom. The summed E-state index contributed by atoms with van der Waals surface area (Å²) >= 11 is 0. The second-order valence-electron chi connectivity index (χ2n) is 9.84. The first kappa shape index (κ1) is 27.3. The highest BCUT2D eigenvalue weighted by Crippen LogP contribution is 2.43. The van der Waals surface area contributed by atoms with E-state index in [1.165, 1.54) is 0 Å². The minimum atomic E-state index is -0.770. The van der Waals surface area contributed by atoms with Crippen molar-refractivity contribution in [1.82, 2.24) is 9.80 Å². The van der Waals surface area contributed by atoms with Crippen LogP contribution in [-0.2, 0) is 16.0 Å². The van der Waals surface area contributed by atoms with Crippen LogP contribution in [0.5, 0.6) is 17.2 Å². The van der Waals surface area contributed by atoms with E-state index >= 15 is 0 Å². The van der Waals surface area contributed by atoms with E-state index in [0.29, 0.717) is 55.2 Å². The fourth-order valence-corrected chi connectivity index (χ4v) is 4.97. The molecule has 0 radical (unpaired) electrons. The molecule has 1 fully saturated rings. The Kier molecular flexibility index (Phi) is 8.42. The zero-order valence-corrected chi connectivity index (χ0v) is 22.5. The number of hydrogen-bond acceptors (Lipinski definition) is 7. The Morgan fingerprint density at radius 1 is 1.18 bits per heavy atom. The second kappa shape index (κ2) is 11.7. The summed E-state index contributed by atoms with van der Waals surface area (Å²) < 4.78 is 17.4. The topological polar surface area (TPSA) is 88.5 Å². The molecule has 8 nitrogen and oxygen atoms in total. The lowest BCUT2D eigenvalue weighted by molar-refractivity contribution is -0.139. The van der Waals surface area contributed by atoms with Gasteiger partial charge in [0.1, 0.15) is 24.2 Å². The lowest BCUT2D eigenvalue weighted by Crippen LogP contribution is -2.32. The van der Waals surface area contributed by atoms with E-state index in [1.54, 1.807) is 35.2 Å². The van der Waals surface area contributed by atoms with Crippen molar-refractivity contribution in [1.29, 1.82) is 0 Å². The lowest BCUT2D eigenvalue weighted by Gasteiger charge is -2.26. The maximum Gasteiger partial charge on any atom is 0.295 e. The summed E-state index contributed by atoms with van der Waals surface area (Å²) in [7, 11) is 3.92. The molecule has 0 saturated carbocycles. The summed E-state index contributed by atoms with van der Waals surface area (Å²) in [5, 5.41) is 11.5. The molecular weight excluding hydrogens is 484 g/mol. The molecule has 8 heteroatoms. The van der Waals surface area contributed by atoms with Gasteiger partial charge >= 0.3 is 0 Å². The van der Waals surface area contributed by atoms with Crippen LogP contribution in [0.15, 0.2) is 54.6 Å². The first-order valence-electron chi connectivity index (χ1n) is 13.0. The van der Waals surface area contributed by atoms with E-state index in [-0.39, 0.29) is 17.4 Å². The van der Waals surface area contributed by atoms with Crippen molar-refractivity contribution < 1.29 is 28.9 Å². The van der Waals surface area contributed by atoms with E-state index in [4.69, 9.17) is 14.2 Å². The zero-order chi connectivity index (χ0) is 27.4. The van der Waals surface area contributed by atoms with Gasteiger partial charge in [0.05, 0.1) is 18.2 Å². The average Bonchev–Trinajstić information content (AvgIpc) is 3.38. The van der Waals surface area contributed by atoms with E-state index in [2.05, 4.69) is 6.58 Å². The summed E-state index contributed by atoms with van der Waals surface area (Å²) in [5.74, 6) is 0.273. The first-order chi connectivity index (χ1) is 18.2. The summed E-state index contributed by atoms with van der Waals surface area (Å²) in [5.41, 5.74) is 2.16. The van der Waals surface area contributed by atoms with Crippen molar-refractivity contribution in [3.05, 3.63) is 71.3 Å². The third-order valence-corrected chi connectivity index (χ3v) is 6.65. The van der Waals surface area contributed by atoms with Crippen LogP contribution in [0.1, 0.15) is 43.0 Å². The van der Waals surface area contributed by atoms with Crippen molar-refractivity contribution >= 4 is 17.4 Å². The van der Waals surface area contributed by atoms with Crippen LogP contribution < -0.4 is 14.2 Å². The predicted molar refractivity (Wildman–Crippen MR) is 146 cm³/mol. The molecule has 0 bridgehead atoms. The number of aliphatic hydroxyl groups is 1. The average molecular weight is 521 g/mol. The number of benzene rings is 2. The molecule has 0 aliphatic carbocycles. The molecule has 2 heterocycles. The third kappa shape index (κ3) is 5.55. The number of nitrogens with zero attached hydrogens (tertiary/aromatic N) is 2. The van der Waals surface area contributed by atoms with Gasteiger partial charge in [0.2, 0.25) is 0 Å². The molecule has 1 saturated heterocycles. The highest BCUT2D eigenvalue weighted by Gasteiger charge is 2.46. The number of ether oxygens (including phenoxy) is 3. The quantitative estimate of drug-likeness (QED) is 0.204. The number of ketones is 1. The SMILES string of the molecule is C=CCOc1ccc([C@H]2/C(=C(\O)c3ccc4c(c3)C[C@H](C)O4)C(=O)C(=O)N2CCCN(C)C)cc1OCC. The number of hydrogen-bond donors (Lipinski definition) is 1. The molecule has 38 heavy (non-hydrogen) atoms. The molecule has 0 aromatic heterocycles. The van der Waals surface area contributed by atoms with Crippen molar-refractivity contribution in [3.63, 3.8) is 0 Å². The number of likely N-dealkylation sites (tertiary alicyclic amines) is 1. The minimum Gasteiger partial charge on any atom is -0.507 e. The van der Waals surface area contributed by atoms with Crippen molar-refractivity contribution in [3.8, 4) is 17.2 Å². The second-order valence-corrected chi connectivity index (χ2v) is 9.84. The predicted octanol–water partition coefficient (Wildman–Crippen LogP) is 4.35. The van der Waals surface area contributed by atoms with E-state index < -0.39 is 17.7 Å². The number of rotatable bonds is 11. The molecular formula is C30H36N2O6. The smallest absolute Gasteiger partial charge is 0.295 e. The van der Waals surface area contributed by atoms with Gasteiger partial charge < -0.3 is 29.1 Å². The van der Waals surface area contributed by atoms with Gasteiger partial charge in [-0.3, -0.25) is 9.59 Å². The van der Waals surface area contributed by atoms with Crippen LogP contribution in [0.4, 0.5) is 0 Å². The number of aliphatic hydroxyl groups excluding tert-OH is 1. The normalized spacial score (nSPS) is 20.0. The number of Topliss-reactive ketones (excluding diaryl/α,β-unsaturated/α-hetero) is 1. The highest BCUT2D eigenvalue weighted by molar-refractivity contribution is 6.46. The van der Waals surface area contributed by atoms with Crippen LogP contribution in [0, 0.1) is 0 Å². The molecule has 2 aliphatic rings. The van der Waals surface area contributed by atoms with Crippen LogP contribution in [-0.4, -0.2) is 73.1 Å². The van der Waals surface area contributed by atoms with Crippen LogP contribution in [0.3, 0.4) is 0 Å². The first-order valence-corrected chi connectivity index (χ1v) is 13.0. The molecule has 2 aromatic carbocycles. The summed E-state index contributed by atoms with van der Waals surface area (Å²) in [6.07, 6.45) is 3.07. The minimum absolute atomic E-state index is 0.0449. The molecule has 2 aliphatic heterocycles. The standard InChI is InChI=1S/C30H36N2O6/c1-6-15-37-24-12-9-20(18-25(24)36-7-2)27-26(29(34)30(35)32(27)14-8-13-31(4)5)28(33)21-10-11-23-22(17-21)16-19(3)38-23/h6,9-12,17-19,27,33H,1,7-8,13-16H2,2-5H3/b28-26+/t19-,27-/m0/s1. The summed E-state index contributed by atoms with van der Waals surface area (Å²) in [6.45, 7) is 9.37. The van der Waals surface area contributed by atoms with Crippen LogP contribution in [0.25, 0.3) is 5.76 Å². The maximum atomic E-state index is 13.4.